The molecule has 2 heterocycles. The molecule has 0 fully saturated rings. The topological polar surface area (TPSA) is 63.0 Å². The SMILES string of the molecule is OCc1ccncc1NCc1cnn(-c2ccc(Cl)cc2)c1. The summed E-state index contributed by atoms with van der Waals surface area (Å²) in [6.07, 6.45) is 7.12. The van der Waals surface area contributed by atoms with Crippen molar-refractivity contribution in [3.8, 4) is 5.69 Å². The normalized spacial score (nSPS) is 10.6. The van der Waals surface area contributed by atoms with Crippen molar-refractivity contribution in [2.45, 2.75) is 13.2 Å². The molecule has 112 valence electrons. The maximum atomic E-state index is 9.30. The van der Waals surface area contributed by atoms with Gasteiger partial charge in [0.1, 0.15) is 0 Å². The molecule has 0 unspecified atom stereocenters. The van der Waals surface area contributed by atoms with Gasteiger partial charge < -0.3 is 10.4 Å². The van der Waals surface area contributed by atoms with Gasteiger partial charge in [-0.15, -0.1) is 0 Å². The van der Waals surface area contributed by atoms with Crippen LogP contribution in [0.3, 0.4) is 0 Å². The Kier molecular flexibility index (Phi) is 4.37. The Morgan fingerprint density at radius 2 is 1.95 bits per heavy atom. The quantitative estimate of drug-likeness (QED) is 0.760. The van der Waals surface area contributed by atoms with Gasteiger partial charge in [-0.2, -0.15) is 5.10 Å². The van der Waals surface area contributed by atoms with Crippen LogP contribution in [0, 0.1) is 0 Å². The molecule has 0 bridgehead atoms. The summed E-state index contributed by atoms with van der Waals surface area (Å²) < 4.78 is 1.80. The van der Waals surface area contributed by atoms with Crippen LogP contribution < -0.4 is 5.32 Å². The van der Waals surface area contributed by atoms with Gasteiger partial charge in [-0.25, -0.2) is 4.68 Å². The van der Waals surface area contributed by atoms with Gasteiger partial charge in [0.05, 0.1) is 30.4 Å². The van der Waals surface area contributed by atoms with Crippen LogP contribution in [0.2, 0.25) is 5.02 Å². The third-order valence-electron chi connectivity index (χ3n) is 3.29. The van der Waals surface area contributed by atoms with Gasteiger partial charge >= 0.3 is 0 Å². The lowest BCUT2D eigenvalue weighted by atomic mass is 10.2. The number of pyridine rings is 1. The van der Waals surface area contributed by atoms with E-state index in [1.807, 2.05) is 30.5 Å². The number of nitrogens with zero attached hydrogens (tertiary/aromatic N) is 3. The highest BCUT2D eigenvalue weighted by Gasteiger charge is 2.04. The zero-order valence-corrected chi connectivity index (χ0v) is 12.5. The van der Waals surface area contributed by atoms with Gasteiger partial charge in [0.15, 0.2) is 0 Å². The van der Waals surface area contributed by atoms with Crippen molar-refractivity contribution < 1.29 is 5.11 Å². The maximum absolute atomic E-state index is 9.30. The van der Waals surface area contributed by atoms with Gasteiger partial charge in [-0.1, -0.05) is 11.6 Å². The van der Waals surface area contributed by atoms with Crippen LogP contribution in [-0.4, -0.2) is 19.9 Å². The molecule has 0 amide bonds. The molecular weight excluding hydrogens is 300 g/mol. The first kappa shape index (κ1) is 14.6. The van der Waals surface area contributed by atoms with Crippen molar-refractivity contribution in [3.63, 3.8) is 0 Å². The number of halogens is 1. The number of benzene rings is 1. The van der Waals surface area contributed by atoms with E-state index in [9.17, 15) is 5.11 Å². The van der Waals surface area contributed by atoms with Crippen molar-refractivity contribution in [2.24, 2.45) is 0 Å². The van der Waals surface area contributed by atoms with Crippen molar-refractivity contribution in [3.05, 3.63) is 71.3 Å². The molecular formula is C16H15ClN4O. The van der Waals surface area contributed by atoms with E-state index < -0.39 is 0 Å². The van der Waals surface area contributed by atoms with Gasteiger partial charge in [-0.3, -0.25) is 4.98 Å². The first-order valence-electron chi connectivity index (χ1n) is 6.83. The first-order valence-corrected chi connectivity index (χ1v) is 7.21. The third kappa shape index (κ3) is 3.27. The van der Waals surface area contributed by atoms with E-state index in [0.717, 1.165) is 22.5 Å². The monoisotopic (exact) mass is 314 g/mol. The highest BCUT2D eigenvalue weighted by molar-refractivity contribution is 6.30. The highest BCUT2D eigenvalue weighted by Crippen LogP contribution is 2.16. The van der Waals surface area contributed by atoms with Crippen LogP contribution in [0.1, 0.15) is 11.1 Å². The molecule has 22 heavy (non-hydrogen) atoms. The van der Waals surface area contributed by atoms with Crippen molar-refractivity contribution in [1.29, 1.82) is 0 Å². The molecule has 0 saturated heterocycles. The second kappa shape index (κ2) is 6.60. The largest absolute Gasteiger partial charge is 0.392 e. The van der Waals surface area contributed by atoms with E-state index in [2.05, 4.69) is 15.4 Å². The predicted molar refractivity (Wildman–Crippen MR) is 86.1 cm³/mol. The van der Waals surface area contributed by atoms with E-state index in [1.54, 1.807) is 29.3 Å². The summed E-state index contributed by atoms with van der Waals surface area (Å²) in [6, 6.07) is 9.29. The molecule has 3 aromatic rings. The molecule has 0 radical (unpaired) electrons. The zero-order chi connectivity index (χ0) is 15.4. The summed E-state index contributed by atoms with van der Waals surface area (Å²) >= 11 is 5.88. The minimum absolute atomic E-state index is 0.0190. The Labute approximate surface area is 133 Å². The number of aromatic nitrogens is 3. The third-order valence-corrected chi connectivity index (χ3v) is 3.54. The lowest BCUT2D eigenvalue weighted by Gasteiger charge is -2.08. The summed E-state index contributed by atoms with van der Waals surface area (Å²) in [5, 5.41) is 17.6. The maximum Gasteiger partial charge on any atom is 0.0703 e. The van der Waals surface area contributed by atoms with Gasteiger partial charge in [-0.05, 0) is 30.3 Å². The number of rotatable bonds is 5. The average Bonchev–Trinajstić information content (AvgIpc) is 3.03. The zero-order valence-electron chi connectivity index (χ0n) is 11.8. The standard InChI is InChI=1S/C16H15ClN4O/c17-14-1-3-15(4-2-14)21-10-12(8-20-21)7-19-16-9-18-6-5-13(16)11-22/h1-6,8-10,19,22H,7,11H2. The second-order valence-corrected chi connectivity index (χ2v) is 5.25. The number of hydrogen-bond acceptors (Lipinski definition) is 4. The van der Waals surface area contributed by atoms with Crippen molar-refractivity contribution in [2.75, 3.05) is 5.32 Å². The summed E-state index contributed by atoms with van der Waals surface area (Å²) in [6.45, 7) is 0.584. The molecule has 5 nitrogen and oxygen atoms in total. The van der Waals surface area contributed by atoms with E-state index in [-0.39, 0.29) is 6.61 Å². The molecule has 0 atom stereocenters. The lowest BCUT2D eigenvalue weighted by molar-refractivity contribution is 0.282. The Balaban J connectivity index is 1.71. The van der Waals surface area contributed by atoms with Crippen LogP contribution in [0.5, 0.6) is 0 Å². The average molecular weight is 315 g/mol. The molecule has 2 N–H and O–H groups in total. The molecule has 0 spiro atoms. The summed E-state index contributed by atoms with van der Waals surface area (Å²) in [5.41, 5.74) is 3.63. The van der Waals surface area contributed by atoms with Gasteiger partial charge in [0.25, 0.3) is 0 Å². The van der Waals surface area contributed by atoms with Crippen LogP contribution in [0.25, 0.3) is 5.69 Å². The lowest BCUT2D eigenvalue weighted by Crippen LogP contribution is -2.02. The molecule has 2 aromatic heterocycles. The highest BCUT2D eigenvalue weighted by atomic mass is 35.5. The Morgan fingerprint density at radius 1 is 1.14 bits per heavy atom. The molecule has 0 aliphatic rings. The fraction of sp³-hybridized carbons (Fsp3) is 0.125. The van der Waals surface area contributed by atoms with Crippen LogP contribution in [0.4, 0.5) is 5.69 Å². The molecule has 1 aromatic carbocycles. The van der Waals surface area contributed by atoms with E-state index in [4.69, 9.17) is 11.6 Å². The Hall–Kier alpha value is -2.37. The molecule has 3 rings (SSSR count). The first-order chi connectivity index (χ1) is 10.8. The number of aliphatic hydroxyl groups excluding tert-OH is 1. The van der Waals surface area contributed by atoms with Crippen LogP contribution >= 0.6 is 11.6 Å². The minimum Gasteiger partial charge on any atom is -0.392 e. The Morgan fingerprint density at radius 3 is 2.73 bits per heavy atom. The van der Waals surface area contributed by atoms with E-state index in [1.165, 1.54) is 0 Å². The number of anilines is 1. The summed E-state index contributed by atoms with van der Waals surface area (Å²) in [5.74, 6) is 0. The van der Waals surface area contributed by atoms with E-state index >= 15 is 0 Å². The fourth-order valence-electron chi connectivity index (χ4n) is 2.10. The van der Waals surface area contributed by atoms with Crippen LogP contribution in [0.15, 0.2) is 55.1 Å². The Bertz CT molecular complexity index is 755. The van der Waals surface area contributed by atoms with Gasteiger partial charge in [0.2, 0.25) is 0 Å². The smallest absolute Gasteiger partial charge is 0.0703 e. The minimum atomic E-state index is -0.0190. The molecule has 0 saturated carbocycles. The molecule has 6 heteroatoms. The van der Waals surface area contributed by atoms with Gasteiger partial charge in [0, 0.05) is 35.1 Å². The summed E-state index contributed by atoms with van der Waals surface area (Å²) in [7, 11) is 0. The van der Waals surface area contributed by atoms with Crippen LogP contribution in [-0.2, 0) is 13.2 Å². The van der Waals surface area contributed by atoms with E-state index in [0.29, 0.717) is 11.6 Å². The predicted octanol–water partition coefficient (Wildman–Crippen LogP) is 3.03. The molecule has 0 aliphatic carbocycles. The fourth-order valence-corrected chi connectivity index (χ4v) is 2.23. The second-order valence-electron chi connectivity index (χ2n) is 4.81. The molecule has 0 aliphatic heterocycles. The number of hydrogen-bond donors (Lipinski definition) is 2. The number of nitrogens with one attached hydrogen (secondary N) is 1. The van der Waals surface area contributed by atoms with Crippen molar-refractivity contribution >= 4 is 17.3 Å². The van der Waals surface area contributed by atoms with Crippen molar-refractivity contribution in [1.82, 2.24) is 14.8 Å². The summed E-state index contributed by atoms with van der Waals surface area (Å²) in [4.78, 5) is 4.06. The number of aliphatic hydroxyl groups is 1.